The molecule has 0 unspecified atom stereocenters. The first-order valence-corrected chi connectivity index (χ1v) is 9.12. The Bertz CT molecular complexity index is 935. The van der Waals surface area contributed by atoms with Crippen LogP contribution in [0.15, 0.2) is 53.1 Å². The smallest absolute Gasteiger partial charge is 0.280 e. The Morgan fingerprint density at radius 1 is 1.27 bits per heavy atom. The second-order valence-corrected chi connectivity index (χ2v) is 7.04. The van der Waals surface area contributed by atoms with Gasteiger partial charge in [-0.15, -0.1) is 11.6 Å². The lowest BCUT2D eigenvalue weighted by Gasteiger charge is -2.05. The van der Waals surface area contributed by atoms with Gasteiger partial charge in [0, 0.05) is 10.9 Å². The van der Waals surface area contributed by atoms with Crippen molar-refractivity contribution in [1.82, 2.24) is 4.98 Å². The molecule has 0 fully saturated rings. The minimum atomic E-state index is -0.384. The van der Waals surface area contributed by atoms with Crippen molar-refractivity contribution < 1.29 is 9.90 Å². The van der Waals surface area contributed by atoms with Gasteiger partial charge in [0.05, 0.1) is 22.5 Å². The fourth-order valence-corrected chi connectivity index (χ4v) is 3.15. The normalized spacial score (nSPS) is 14.4. The number of hydrogen-bond donors (Lipinski definition) is 2. The summed E-state index contributed by atoms with van der Waals surface area (Å²) >= 11 is 11.7. The number of aromatic amines is 1. The topological polar surface area (TPSA) is 65.5 Å². The van der Waals surface area contributed by atoms with Crippen molar-refractivity contribution in [3.63, 3.8) is 0 Å². The molecule has 0 saturated heterocycles. The standard InChI is InChI=1S/C20H18Cl2N2O2/c1-11(2)10-13(4-3-9-21)18-16-15(19(25)24-18)17(23-20(16)26)12-5-7-14(22)8-6-12/h3-8,10-11,23,26H,9H2,1-2H3/b4-3-,13-10+. The molecule has 1 aromatic carbocycles. The number of nitrogens with zero attached hydrogens (tertiary/aromatic N) is 1. The fraction of sp³-hybridized carbons (Fsp3) is 0.200. The lowest BCUT2D eigenvalue weighted by Crippen LogP contribution is -2.02. The van der Waals surface area contributed by atoms with Gasteiger partial charge in [-0.3, -0.25) is 4.79 Å². The Kier molecular flexibility index (Phi) is 5.35. The molecule has 0 spiro atoms. The third-order valence-corrected chi connectivity index (χ3v) is 4.38. The molecule has 1 aliphatic rings. The highest BCUT2D eigenvalue weighted by atomic mass is 35.5. The molecule has 3 rings (SSSR count). The van der Waals surface area contributed by atoms with Gasteiger partial charge in [-0.1, -0.05) is 55.8 Å². The van der Waals surface area contributed by atoms with E-state index in [1.54, 1.807) is 30.3 Å². The zero-order valence-electron chi connectivity index (χ0n) is 14.4. The van der Waals surface area contributed by atoms with Gasteiger partial charge in [-0.05, 0) is 29.2 Å². The van der Waals surface area contributed by atoms with Crippen LogP contribution >= 0.6 is 23.2 Å². The Labute approximate surface area is 161 Å². The van der Waals surface area contributed by atoms with Crippen molar-refractivity contribution in [1.29, 1.82) is 0 Å². The van der Waals surface area contributed by atoms with Crippen molar-refractivity contribution in [3.05, 3.63) is 64.2 Å². The summed E-state index contributed by atoms with van der Waals surface area (Å²) in [4.78, 5) is 19.7. The van der Waals surface area contributed by atoms with E-state index in [4.69, 9.17) is 23.2 Å². The molecule has 0 aliphatic carbocycles. The van der Waals surface area contributed by atoms with Crippen molar-refractivity contribution >= 4 is 34.8 Å². The van der Waals surface area contributed by atoms with Crippen LogP contribution in [0.1, 0.15) is 29.8 Å². The third kappa shape index (κ3) is 3.48. The molecule has 0 bridgehead atoms. The summed E-state index contributed by atoms with van der Waals surface area (Å²) in [5.41, 5.74) is 3.28. The summed E-state index contributed by atoms with van der Waals surface area (Å²) in [6.45, 7) is 4.06. The van der Waals surface area contributed by atoms with Crippen LogP contribution in [0, 0.1) is 5.92 Å². The van der Waals surface area contributed by atoms with Crippen LogP contribution in [0.4, 0.5) is 0 Å². The summed E-state index contributed by atoms with van der Waals surface area (Å²) < 4.78 is 0. The second kappa shape index (κ2) is 7.52. The summed E-state index contributed by atoms with van der Waals surface area (Å²) in [6, 6.07) is 7.04. The van der Waals surface area contributed by atoms with Crippen molar-refractivity contribution in [2.45, 2.75) is 13.8 Å². The van der Waals surface area contributed by atoms with E-state index in [-0.39, 0.29) is 17.7 Å². The molecule has 0 atom stereocenters. The molecule has 2 aromatic rings. The summed E-state index contributed by atoms with van der Waals surface area (Å²) in [7, 11) is 0. The number of aromatic hydroxyl groups is 1. The number of rotatable bonds is 5. The zero-order chi connectivity index (χ0) is 18.8. The van der Waals surface area contributed by atoms with E-state index in [9.17, 15) is 9.90 Å². The number of carbonyl (C=O) groups is 1. The molecular formula is C20H18Cl2N2O2. The van der Waals surface area contributed by atoms with Gasteiger partial charge in [0.25, 0.3) is 5.91 Å². The molecule has 0 radical (unpaired) electrons. The van der Waals surface area contributed by atoms with Crippen LogP contribution < -0.4 is 0 Å². The number of halogens is 2. The van der Waals surface area contributed by atoms with Gasteiger partial charge >= 0.3 is 0 Å². The van der Waals surface area contributed by atoms with E-state index in [2.05, 4.69) is 9.98 Å². The number of benzene rings is 1. The van der Waals surface area contributed by atoms with Gasteiger partial charge in [0.2, 0.25) is 0 Å². The minimum Gasteiger partial charge on any atom is -0.494 e. The average Bonchev–Trinajstić information content (AvgIpc) is 3.11. The van der Waals surface area contributed by atoms with E-state index in [1.165, 1.54) is 0 Å². The Hall–Kier alpha value is -2.30. The number of alkyl halides is 1. The molecule has 6 heteroatoms. The Morgan fingerprint density at radius 3 is 2.58 bits per heavy atom. The van der Waals surface area contributed by atoms with E-state index in [0.29, 0.717) is 33.4 Å². The number of aromatic nitrogens is 1. The van der Waals surface area contributed by atoms with Crippen LogP contribution in [-0.4, -0.2) is 27.6 Å². The van der Waals surface area contributed by atoms with Gasteiger partial charge in [0.15, 0.2) is 5.88 Å². The van der Waals surface area contributed by atoms with Crippen LogP contribution in [-0.2, 0) is 0 Å². The second-order valence-electron chi connectivity index (χ2n) is 6.29. The predicted molar refractivity (Wildman–Crippen MR) is 107 cm³/mol. The van der Waals surface area contributed by atoms with Gasteiger partial charge in [-0.2, -0.15) is 0 Å². The highest BCUT2D eigenvalue weighted by Gasteiger charge is 2.33. The van der Waals surface area contributed by atoms with Crippen LogP contribution in [0.3, 0.4) is 0 Å². The molecule has 0 saturated carbocycles. The van der Waals surface area contributed by atoms with Crippen LogP contribution in [0.2, 0.25) is 5.02 Å². The van der Waals surface area contributed by atoms with Crippen molar-refractivity contribution in [2.24, 2.45) is 10.9 Å². The summed E-state index contributed by atoms with van der Waals surface area (Å²) in [5.74, 6) is 0.121. The largest absolute Gasteiger partial charge is 0.494 e. The van der Waals surface area contributed by atoms with Crippen LogP contribution in [0.25, 0.3) is 11.3 Å². The summed E-state index contributed by atoms with van der Waals surface area (Å²) in [6.07, 6.45) is 5.59. The quantitative estimate of drug-likeness (QED) is 0.534. The monoisotopic (exact) mass is 388 g/mol. The number of amides is 1. The minimum absolute atomic E-state index is 0.0801. The van der Waals surface area contributed by atoms with E-state index >= 15 is 0 Å². The maximum absolute atomic E-state index is 12.6. The first-order valence-electron chi connectivity index (χ1n) is 8.21. The molecule has 1 aliphatic heterocycles. The number of fused-ring (bicyclic) bond motifs is 1. The first kappa shape index (κ1) is 18.5. The predicted octanol–water partition coefficient (Wildman–Crippen LogP) is 5.36. The van der Waals surface area contributed by atoms with Crippen LogP contribution in [0.5, 0.6) is 5.88 Å². The van der Waals surface area contributed by atoms with Gasteiger partial charge in [-0.25, -0.2) is 4.99 Å². The van der Waals surface area contributed by atoms with Crippen molar-refractivity contribution in [3.8, 4) is 17.1 Å². The number of allylic oxidation sites excluding steroid dienone is 4. The molecule has 4 nitrogen and oxygen atoms in total. The highest BCUT2D eigenvalue weighted by molar-refractivity contribution is 6.31. The molecular weight excluding hydrogens is 371 g/mol. The van der Waals surface area contributed by atoms with Crippen molar-refractivity contribution in [2.75, 3.05) is 5.88 Å². The van der Waals surface area contributed by atoms with Gasteiger partial charge < -0.3 is 10.1 Å². The average molecular weight is 389 g/mol. The number of hydrogen-bond acceptors (Lipinski definition) is 2. The first-order chi connectivity index (χ1) is 12.4. The molecule has 134 valence electrons. The summed E-state index contributed by atoms with van der Waals surface area (Å²) in [5, 5.41) is 11.1. The maximum atomic E-state index is 12.6. The third-order valence-electron chi connectivity index (χ3n) is 3.95. The van der Waals surface area contributed by atoms with E-state index in [0.717, 1.165) is 11.1 Å². The SMILES string of the molecule is CC(C)/C=C(\C=C/CCl)C1=NC(=O)c2c(-c3ccc(Cl)cc3)[nH]c(O)c21. The molecule has 2 N–H and O–H groups in total. The van der Waals surface area contributed by atoms with E-state index < -0.39 is 0 Å². The fourth-order valence-electron chi connectivity index (χ4n) is 2.93. The molecule has 26 heavy (non-hydrogen) atoms. The molecule has 1 amide bonds. The molecule has 1 aromatic heterocycles. The number of carbonyl (C=O) groups excluding carboxylic acids is 1. The number of nitrogens with one attached hydrogen (secondary N) is 1. The Balaban J connectivity index is 2.13. The zero-order valence-corrected chi connectivity index (χ0v) is 15.9. The van der Waals surface area contributed by atoms with Gasteiger partial charge in [0.1, 0.15) is 0 Å². The lowest BCUT2D eigenvalue weighted by atomic mass is 9.97. The molecule has 2 heterocycles. The lowest BCUT2D eigenvalue weighted by molar-refractivity contribution is 0.101. The number of H-pyrrole nitrogens is 1. The Morgan fingerprint density at radius 2 is 1.96 bits per heavy atom. The number of aliphatic imine (C=N–C) groups is 1. The van der Waals surface area contributed by atoms with E-state index in [1.807, 2.05) is 26.0 Å². The highest BCUT2D eigenvalue weighted by Crippen LogP contribution is 2.38. The maximum Gasteiger partial charge on any atom is 0.280 e.